The summed E-state index contributed by atoms with van der Waals surface area (Å²) in [7, 11) is 0. The first kappa shape index (κ1) is 26.3. The molecule has 0 unspecified atom stereocenters. The lowest BCUT2D eigenvalue weighted by Gasteiger charge is -2.31. The standard InChI is InChI=1S/C31H41F3O/c1-3-5-6-22-9-12-25(29(32)19-22)20-35-26-15-13-24(14-16-26)28-18-17-27(30(33)31(28)34)23-10-7-21(4-2)8-11-23/h9,12,17-19,21,23-24,26H,3-8,10-11,13-16,20H2,1-2H3. The van der Waals surface area contributed by atoms with Crippen LogP contribution >= 0.6 is 0 Å². The largest absolute Gasteiger partial charge is 0.373 e. The molecule has 4 rings (SSSR count). The van der Waals surface area contributed by atoms with E-state index in [1.807, 2.05) is 24.3 Å². The van der Waals surface area contributed by atoms with Gasteiger partial charge in [-0.3, -0.25) is 0 Å². The van der Waals surface area contributed by atoms with Gasteiger partial charge in [0, 0.05) is 5.56 Å². The molecular weight excluding hydrogens is 445 g/mol. The fraction of sp³-hybridized carbons (Fsp3) is 0.613. The minimum absolute atomic E-state index is 0.0174. The molecule has 2 aromatic rings. The van der Waals surface area contributed by atoms with E-state index < -0.39 is 11.6 Å². The molecule has 2 aliphatic carbocycles. The number of hydrogen-bond donors (Lipinski definition) is 0. The Kier molecular flexibility index (Phi) is 9.33. The Morgan fingerprint density at radius 2 is 1.37 bits per heavy atom. The van der Waals surface area contributed by atoms with Crippen LogP contribution in [-0.2, 0) is 17.8 Å². The van der Waals surface area contributed by atoms with Crippen molar-refractivity contribution in [2.24, 2.45) is 5.92 Å². The Morgan fingerprint density at radius 3 is 1.91 bits per heavy atom. The van der Waals surface area contributed by atoms with Gasteiger partial charge in [0.05, 0.1) is 12.7 Å². The molecule has 0 aliphatic heterocycles. The number of rotatable bonds is 9. The van der Waals surface area contributed by atoms with Gasteiger partial charge in [-0.1, -0.05) is 51.0 Å². The number of ether oxygens (including phenoxy) is 1. The number of benzene rings is 2. The molecule has 2 fully saturated rings. The van der Waals surface area contributed by atoms with Gasteiger partial charge in [-0.15, -0.1) is 0 Å². The third kappa shape index (κ3) is 6.50. The van der Waals surface area contributed by atoms with Crippen LogP contribution in [0.15, 0.2) is 30.3 Å². The molecule has 0 heterocycles. The lowest BCUT2D eigenvalue weighted by atomic mass is 9.76. The van der Waals surface area contributed by atoms with E-state index in [1.54, 1.807) is 6.07 Å². The van der Waals surface area contributed by atoms with Crippen molar-refractivity contribution in [3.8, 4) is 0 Å². The van der Waals surface area contributed by atoms with Crippen molar-refractivity contribution in [3.05, 3.63) is 70.0 Å². The molecule has 2 aromatic carbocycles. The number of hydrogen-bond acceptors (Lipinski definition) is 1. The zero-order valence-electron chi connectivity index (χ0n) is 21.4. The summed E-state index contributed by atoms with van der Waals surface area (Å²) in [5.74, 6) is -0.575. The Morgan fingerprint density at radius 1 is 0.771 bits per heavy atom. The lowest BCUT2D eigenvalue weighted by molar-refractivity contribution is 0.0118. The highest BCUT2D eigenvalue weighted by atomic mass is 19.2. The molecule has 0 atom stereocenters. The second kappa shape index (κ2) is 12.4. The predicted molar refractivity (Wildman–Crippen MR) is 136 cm³/mol. The summed E-state index contributed by atoms with van der Waals surface area (Å²) in [6.07, 6.45) is 11.5. The second-order valence-electron chi connectivity index (χ2n) is 10.8. The molecule has 192 valence electrons. The normalized spacial score (nSPS) is 25.1. The van der Waals surface area contributed by atoms with Crippen molar-refractivity contribution >= 4 is 0 Å². The summed E-state index contributed by atoms with van der Waals surface area (Å²) in [5, 5.41) is 0. The average molecular weight is 487 g/mol. The van der Waals surface area contributed by atoms with Crippen molar-refractivity contribution in [1.29, 1.82) is 0 Å². The zero-order chi connectivity index (χ0) is 24.8. The maximum absolute atomic E-state index is 15.1. The summed E-state index contributed by atoms with van der Waals surface area (Å²) >= 11 is 0. The minimum Gasteiger partial charge on any atom is -0.373 e. The van der Waals surface area contributed by atoms with Crippen molar-refractivity contribution in [2.75, 3.05) is 0 Å². The lowest BCUT2D eigenvalue weighted by Crippen LogP contribution is -2.22. The van der Waals surface area contributed by atoms with Gasteiger partial charge < -0.3 is 4.74 Å². The Bertz CT molecular complexity index is 956. The Balaban J connectivity index is 1.30. The number of halogens is 3. The van der Waals surface area contributed by atoms with Crippen molar-refractivity contribution in [2.45, 2.75) is 115 Å². The Labute approximate surface area is 209 Å². The van der Waals surface area contributed by atoms with Gasteiger partial charge in [0.25, 0.3) is 0 Å². The van der Waals surface area contributed by atoms with Crippen molar-refractivity contribution < 1.29 is 17.9 Å². The zero-order valence-corrected chi connectivity index (χ0v) is 21.4. The van der Waals surface area contributed by atoms with E-state index in [1.165, 1.54) is 6.42 Å². The van der Waals surface area contributed by atoms with Crippen LogP contribution in [0.1, 0.15) is 119 Å². The van der Waals surface area contributed by atoms with Crippen LogP contribution in [0.25, 0.3) is 0 Å². The van der Waals surface area contributed by atoms with Gasteiger partial charge in [-0.25, -0.2) is 13.2 Å². The van der Waals surface area contributed by atoms with E-state index >= 15 is 8.78 Å². The van der Waals surface area contributed by atoms with Gasteiger partial charge >= 0.3 is 0 Å². The van der Waals surface area contributed by atoms with Gasteiger partial charge in [0.15, 0.2) is 11.6 Å². The van der Waals surface area contributed by atoms with Crippen LogP contribution in [0.3, 0.4) is 0 Å². The molecule has 0 N–H and O–H groups in total. The highest BCUT2D eigenvalue weighted by Gasteiger charge is 2.29. The molecule has 0 bridgehead atoms. The van der Waals surface area contributed by atoms with Crippen LogP contribution < -0.4 is 0 Å². The molecule has 4 heteroatoms. The van der Waals surface area contributed by atoms with Crippen LogP contribution in [0.5, 0.6) is 0 Å². The summed E-state index contributed by atoms with van der Waals surface area (Å²) in [6, 6.07) is 9.13. The SMILES string of the molecule is CCCCc1ccc(COC2CCC(c3ccc(C4CCC(CC)CC4)c(F)c3F)CC2)c(F)c1. The minimum atomic E-state index is -0.644. The van der Waals surface area contributed by atoms with Crippen molar-refractivity contribution in [3.63, 3.8) is 0 Å². The van der Waals surface area contributed by atoms with E-state index in [9.17, 15) is 4.39 Å². The van der Waals surface area contributed by atoms with Crippen LogP contribution in [0.4, 0.5) is 13.2 Å². The maximum Gasteiger partial charge on any atom is 0.162 e. The molecular formula is C31H41F3O. The Hall–Kier alpha value is -1.81. The summed E-state index contributed by atoms with van der Waals surface area (Å²) < 4.78 is 50.6. The van der Waals surface area contributed by atoms with E-state index in [0.717, 1.165) is 82.1 Å². The second-order valence-corrected chi connectivity index (χ2v) is 10.8. The first-order chi connectivity index (χ1) is 17.0. The van der Waals surface area contributed by atoms with Crippen molar-refractivity contribution in [1.82, 2.24) is 0 Å². The molecule has 2 aliphatic rings. The van der Waals surface area contributed by atoms with Gasteiger partial charge in [-0.05, 0) is 105 Å². The van der Waals surface area contributed by atoms with E-state index in [-0.39, 0.29) is 30.4 Å². The molecule has 0 spiro atoms. The number of unbranched alkanes of at least 4 members (excludes halogenated alkanes) is 1. The third-order valence-electron chi connectivity index (χ3n) is 8.53. The summed E-state index contributed by atoms with van der Waals surface area (Å²) in [6.45, 7) is 4.60. The number of aryl methyl sites for hydroxylation is 1. The van der Waals surface area contributed by atoms with Crippen LogP contribution in [-0.4, -0.2) is 6.10 Å². The van der Waals surface area contributed by atoms with E-state index in [0.29, 0.717) is 16.7 Å². The fourth-order valence-corrected chi connectivity index (χ4v) is 6.08. The molecule has 35 heavy (non-hydrogen) atoms. The molecule has 0 amide bonds. The van der Waals surface area contributed by atoms with Crippen LogP contribution in [0.2, 0.25) is 0 Å². The highest BCUT2D eigenvalue weighted by Crippen LogP contribution is 2.41. The molecule has 0 saturated heterocycles. The van der Waals surface area contributed by atoms with Gasteiger partial charge in [0.1, 0.15) is 5.82 Å². The molecule has 2 saturated carbocycles. The quantitative estimate of drug-likeness (QED) is 0.343. The third-order valence-corrected chi connectivity index (χ3v) is 8.53. The summed E-state index contributed by atoms with van der Waals surface area (Å²) in [4.78, 5) is 0. The first-order valence-corrected chi connectivity index (χ1v) is 13.9. The first-order valence-electron chi connectivity index (χ1n) is 13.9. The molecule has 1 nitrogen and oxygen atoms in total. The fourth-order valence-electron chi connectivity index (χ4n) is 6.08. The predicted octanol–water partition coefficient (Wildman–Crippen LogP) is 9.37. The highest BCUT2D eigenvalue weighted by molar-refractivity contribution is 5.32. The molecule has 0 radical (unpaired) electrons. The smallest absolute Gasteiger partial charge is 0.162 e. The monoisotopic (exact) mass is 486 g/mol. The topological polar surface area (TPSA) is 9.23 Å². The van der Waals surface area contributed by atoms with Gasteiger partial charge in [0.2, 0.25) is 0 Å². The van der Waals surface area contributed by atoms with E-state index in [2.05, 4.69) is 13.8 Å². The molecule has 0 aromatic heterocycles. The summed E-state index contributed by atoms with van der Waals surface area (Å²) in [5.41, 5.74) is 2.70. The van der Waals surface area contributed by atoms with E-state index in [4.69, 9.17) is 4.74 Å². The average Bonchev–Trinajstić information content (AvgIpc) is 2.89. The maximum atomic E-state index is 15.1. The van der Waals surface area contributed by atoms with Crippen LogP contribution in [0, 0.1) is 23.4 Å². The van der Waals surface area contributed by atoms with Gasteiger partial charge in [-0.2, -0.15) is 0 Å².